The number of aliphatic hydroxyl groups excluding tert-OH is 1. The molecule has 7 nitrogen and oxygen atoms in total. The summed E-state index contributed by atoms with van der Waals surface area (Å²) in [5, 5.41) is 10.5. The zero-order valence-corrected chi connectivity index (χ0v) is 18.8. The minimum atomic E-state index is -1.00. The second-order valence-corrected chi connectivity index (χ2v) is 8.94. The summed E-state index contributed by atoms with van der Waals surface area (Å²) in [5.74, 6) is 0.649. The van der Waals surface area contributed by atoms with Crippen molar-refractivity contribution in [2.24, 2.45) is 0 Å². The molecule has 1 aliphatic heterocycles. The molecule has 30 heavy (non-hydrogen) atoms. The van der Waals surface area contributed by atoms with Crippen LogP contribution >= 0.6 is 15.9 Å². The van der Waals surface area contributed by atoms with Crippen LogP contribution in [0, 0.1) is 0 Å². The molecule has 8 heteroatoms. The van der Waals surface area contributed by atoms with Crippen molar-refractivity contribution in [1.29, 1.82) is 0 Å². The van der Waals surface area contributed by atoms with Gasteiger partial charge in [-0.3, -0.25) is 9.97 Å². The van der Waals surface area contributed by atoms with Crippen molar-refractivity contribution >= 4 is 27.0 Å². The van der Waals surface area contributed by atoms with Gasteiger partial charge in [0.05, 0.1) is 33.5 Å². The van der Waals surface area contributed by atoms with E-state index in [1.165, 1.54) is 0 Å². The molecule has 0 fully saturated rings. The molecule has 3 aromatic rings. The van der Waals surface area contributed by atoms with Crippen LogP contribution in [-0.2, 0) is 4.74 Å². The van der Waals surface area contributed by atoms with Gasteiger partial charge in [0.15, 0.2) is 0 Å². The minimum absolute atomic E-state index is 0.108. The fraction of sp³-hybridized carbons (Fsp3) is 0.364. The largest absolute Gasteiger partial charge is 0.489 e. The number of nitrogens with zero attached hydrogens (tertiary/aromatic N) is 3. The Morgan fingerprint density at radius 1 is 1.33 bits per heavy atom. The summed E-state index contributed by atoms with van der Waals surface area (Å²) >= 11 is 3.66. The van der Waals surface area contributed by atoms with Gasteiger partial charge in [-0.15, -0.1) is 0 Å². The molecule has 0 aliphatic carbocycles. The second-order valence-electron chi connectivity index (χ2n) is 8.15. The summed E-state index contributed by atoms with van der Waals surface area (Å²) in [6, 6.07) is 5.68. The summed E-state index contributed by atoms with van der Waals surface area (Å²) in [4.78, 5) is 13.9. The molecule has 1 aliphatic rings. The molecule has 1 unspecified atom stereocenters. The molecule has 4 rings (SSSR count). The number of H-pyrrole nitrogens is 1. The van der Waals surface area contributed by atoms with Crippen LogP contribution in [0.4, 0.5) is 0 Å². The molecule has 0 radical (unpaired) electrons. The van der Waals surface area contributed by atoms with Gasteiger partial charge in [-0.05, 0) is 54.9 Å². The first-order valence-electron chi connectivity index (χ1n) is 9.81. The Balaban J connectivity index is 1.53. The van der Waals surface area contributed by atoms with E-state index in [2.05, 4.69) is 30.9 Å². The standard InChI is InChI=1S/C22H25BrN4O3/c1-22(2,3)30-21(28)27-11-5-6-14(27)13-29-17-12-24-10-8-15(17)19-18(23)20-16(26-19)7-4-9-25-20/h4-10,12,14,21,26,28H,11,13H2,1-3H3/t14-,21?/m0/s1. The van der Waals surface area contributed by atoms with E-state index in [-0.39, 0.29) is 6.04 Å². The number of aromatic amines is 1. The molecule has 4 heterocycles. The van der Waals surface area contributed by atoms with Crippen molar-refractivity contribution in [3.63, 3.8) is 0 Å². The van der Waals surface area contributed by atoms with Crippen LogP contribution < -0.4 is 4.74 Å². The molecule has 0 bridgehead atoms. The number of aliphatic hydroxyl groups is 1. The molecule has 0 amide bonds. The number of pyridine rings is 2. The number of fused-ring (bicyclic) bond motifs is 1. The Hall–Kier alpha value is -2.26. The maximum atomic E-state index is 10.5. The number of nitrogens with one attached hydrogen (secondary N) is 1. The molecule has 0 saturated heterocycles. The zero-order chi connectivity index (χ0) is 21.3. The highest BCUT2D eigenvalue weighted by Gasteiger charge is 2.30. The Kier molecular flexibility index (Phi) is 5.92. The Labute approximate surface area is 183 Å². The lowest BCUT2D eigenvalue weighted by atomic mass is 10.2. The Morgan fingerprint density at radius 2 is 2.17 bits per heavy atom. The van der Waals surface area contributed by atoms with Gasteiger partial charge in [-0.25, -0.2) is 4.90 Å². The Morgan fingerprint density at radius 3 is 2.93 bits per heavy atom. The molecule has 2 atom stereocenters. The van der Waals surface area contributed by atoms with Gasteiger partial charge in [0.1, 0.15) is 17.9 Å². The monoisotopic (exact) mass is 472 g/mol. The normalized spacial score (nSPS) is 18.2. The van der Waals surface area contributed by atoms with Crippen LogP contribution in [0.2, 0.25) is 0 Å². The van der Waals surface area contributed by atoms with Gasteiger partial charge in [-0.2, -0.15) is 0 Å². The summed E-state index contributed by atoms with van der Waals surface area (Å²) in [5.41, 5.74) is 3.13. The van der Waals surface area contributed by atoms with E-state index < -0.39 is 12.0 Å². The molecule has 0 spiro atoms. The molecule has 0 aromatic carbocycles. The maximum Gasteiger partial charge on any atom is 0.217 e. The SMILES string of the molecule is CC(C)(C)OC(O)N1CC=C[C@H]1COc1cnccc1-c1[nH]c2cccnc2c1Br. The average Bonchev–Trinajstić information content (AvgIpc) is 3.30. The molecular weight excluding hydrogens is 448 g/mol. The lowest BCUT2D eigenvalue weighted by Gasteiger charge is -2.33. The fourth-order valence-electron chi connectivity index (χ4n) is 3.43. The van der Waals surface area contributed by atoms with Gasteiger partial charge in [-0.1, -0.05) is 12.2 Å². The predicted molar refractivity (Wildman–Crippen MR) is 119 cm³/mol. The third kappa shape index (κ3) is 4.41. The van der Waals surface area contributed by atoms with Gasteiger partial charge >= 0.3 is 0 Å². The van der Waals surface area contributed by atoms with E-state index in [0.717, 1.165) is 26.8 Å². The van der Waals surface area contributed by atoms with Crippen molar-refractivity contribution in [1.82, 2.24) is 19.9 Å². The second kappa shape index (κ2) is 8.47. The molecule has 3 aromatic heterocycles. The van der Waals surface area contributed by atoms with E-state index >= 15 is 0 Å². The quantitative estimate of drug-likeness (QED) is 0.415. The number of hydrogen-bond donors (Lipinski definition) is 2. The van der Waals surface area contributed by atoms with Crippen molar-refractivity contribution in [3.8, 4) is 17.0 Å². The number of aromatic nitrogens is 3. The number of rotatable bonds is 6. The highest BCUT2D eigenvalue weighted by Crippen LogP contribution is 2.37. The molecule has 0 saturated carbocycles. The van der Waals surface area contributed by atoms with Crippen LogP contribution in [0.3, 0.4) is 0 Å². The van der Waals surface area contributed by atoms with E-state index in [0.29, 0.717) is 18.9 Å². The van der Waals surface area contributed by atoms with Crippen LogP contribution in [0.5, 0.6) is 5.75 Å². The summed E-state index contributed by atoms with van der Waals surface area (Å²) < 4.78 is 12.7. The summed E-state index contributed by atoms with van der Waals surface area (Å²) in [6.45, 7) is 6.71. The van der Waals surface area contributed by atoms with Crippen LogP contribution in [0.15, 0.2) is 53.4 Å². The van der Waals surface area contributed by atoms with E-state index in [1.54, 1.807) is 18.6 Å². The number of hydrogen-bond acceptors (Lipinski definition) is 6. The first-order valence-corrected chi connectivity index (χ1v) is 10.6. The van der Waals surface area contributed by atoms with E-state index in [1.807, 2.05) is 56.0 Å². The Bertz CT molecular complexity index is 1060. The molecule has 158 valence electrons. The third-order valence-electron chi connectivity index (χ3n) is 4.80. The van der Waals surface area contributed by atoms with Gasteiger partial charge in [0.25, 0.3) is 0 Å². The van der Waals surface area contributed by atoms with Crippen LogP contribution in [0.1, 0.15) is 20.8 Å². The lowest BCUT2D eigenvalue weighted by Crippen LogP contribution is -2.46. The molecular formula is C22H25BrN4O3. The number of halogens is 1. The zero-order valence-electron chi connectivity index (χ0n) is 17.2. The smallest absolute Gasteiger partial charge is 0.217 e. The third-order valence-corrected chi connectivity index (χ3v) is 5.57. The van der Waals surface area contributed by atoms with Crippen LogP contribution in [-0.4, -0.2) is 56.2 Å². The van der Waals surface area contributed by atoms with Crippen molar-refractivity contribution in [2.75, 3.05) is 13.2 Å². The van der Waals surface area contributed by atoms with E-state index in [9.17, 15) is 5.11 Å². The van der Waals surface area contributed by atoms with E-state index in [4.69, 9.17) is 9.47 Å². The first kappa shape index (κ1) is 21.0. The average molecular weight is 473 g/mol. The maximum absolute atomic E-state index is 10.5. The van der Waals surface area contributed by atoms with Gasteiger partial charge in [0.2, 0.25) is 6.41 Å². The first-order chi connectivity index (χ1) is 14.3. The highest BCUT2D eigenvalue weighted by atomic mass is 79.9. The van der Waals surface area contributed by atoms with Gasteiger partial charge in [0, 0.05) is 24.5 Å². The number of ether oxygens (including phenoxy) is 2. The lowest BCUT2D eigenvalue weighted by molar-refractivity contribution is -0.241. The highest BCUT2D eigenvalue weighted by molar-refractivity contribution is 9.10. The van der Waals surface area contributed by atoms with Crippen molar-refractivity contribution < 1.29 is 14.6 Å². The summed E-state index contributed by atoms with van der Waals surface area (Å²) in [6.07, 6.45) is 8.22. The van der Waals surface area contributed by atoms with Gasteiger partial charge < -0.3 is 19.6 Å². The molecule has 2 N–H and O–H groups in total. The fourth-order valence-corrected chi connectivity index (χ4v) is 4.05. The summed E-state index contributed by atoms with van der Waals surface area (Å²) in [7, 11) is 0. The topological polar surface area (TPSA) is 83.5 Å². The van der Waals surface area contributed by atoms with Crippen LogP contribution in [0.25, 0.3) is 22.3 Å². The van der Waals surface area contributed by atoms with Crippen molar-refractivity contribution in [2.45, 2.75) is 38.8 Å². The predicted octanol–water partition coefficient (Wildman–Crippen LogP) is 4.10. The minimum Gasteiger partial charge on any atom is -0.489 e. The van der Waals surface area contributed by atoms with Crippen molar-refractivity contribution in [3.05, 3.63) is 53.4 Å².